The maximum atomic E-state index is 13.6. The third kappa shape index (κ3) is 7.92. The van der Waals surface area contributed by atoms with Crippen molar-refractivity contribution < 1.29 is 27.4 Å². The first-order chi connectivity index (χ1) is 17.2. The lowest BCUT2D eigenvalue weighted by atomic mass is 10.0. The molecule has 2 aromatic rings. The molecule has 10 heteroatoms. The number of hydrogen-bond acceptors (Lipinski definition) is 7. The molecule has 0 bridgehead atoms. The Labute approximate surface area is 214 Å². The summed E-state index contributed by atoms with van der Waals surface area (Å²) in [4.78, 5) is 12.9. The summed E-state index contributed by atoms with van der Waals surface area (Å²) < 4.78 is 45.2. The predicted molar refractivity (Wildman–Crippen MR) is 138 cm³/mol. The molecule has 1 saturated heterocycles. The summed E-state index contributed by atoms with van der Waals surface area (Å²) in [6.45, 7) is 5.16. The normalized spacial score (nSPS) is 17.8. The van der Waals surface area contributed by atoms with Gasteiger partial charge in [-0.25, -0.2) is 13.2 Å². The summed E-state index contributed by atoms with van der Waals surface area (Å²) >= 11 is 0. The first-order valence-electron chi connectivity index (χ1n) is 12.2. The Morgan fingerprint density at radius 2 is 1.83 bits per heavy atom. The molecule has 0 unspecified atom stereocenters. The van der Waals surface area contributed by atoms with E-state index in [0.29, 0.717) is 31.7 Å². The largest absolute Gasteiger partial charge is 0.444 e. The second-order valence-corrected chi connectivity index (χ2v) is 11.3. The van der Waals surface area contributed by atoms with E-state index in [4.69, 9.17) is 19.9 Å². The van der Waals surface area contributed by atoms with E-state index in [-0.39, 0.29) is 30.0 Å². The number of nitrogen functional groups attached to an aromatic ring is 1. The molecule has 198 valence electrons. The first kappa shape index (κ1) is 27.9. The highest BCUT2D eigenvalue weighted by Gasteiger charge is 2.33. The Balaban J connectivity index is 1.84. The van der Waals surface area contributed by atoms with Crippen molar-refractivity contribution in [2.75, 3.05) is 39.1 Å². The molecule has 0 spiro atoms. The van der Waals surface area contributed by atoms with E-state index < -0.39 is 28.3 Å². The Kier molecular flexibility index (Phi) is 10.1. The molecule has 2 aromatic carbocycles. The number of carbonyl (C=O) groups excluding carboxylic acids is 1. The van der Waals surface area contributed by atoms with E-state index in [1.54, 1.807) is 12.1 Å². The fraction of sp³-hybridized carbons (Fsp3) is 0.500. The van der Waals surface area contributed by atoms with Crippen LogP contribution in [0.4, 0.5) is 10.5 Å². The van der Waals surface area contributed by atoms with Crippen molar-refractivity contribution in [1.29, 1.82) is 0 Å². The fourth-order valence-corrected chi connectivity index (χ4v) is 5.74. The van der Waals surface area contributed by atoms with Crippen molar-refractivity contribution >= 4 is 21.8 Å². The van der Waals surface area contributed by atoms with Crippen molar-refractivity contribution in [2.45, 2.75) is 49.8 Å². The quantitative estimate of drug-likeness (QED) is 0.414. The average Bonchev–Trinajstić information content (AvgIpc) is 3.35. The highest BCUT2D eigenvalue weighted by molar-refractivity contribution is 7.89. The van der Waals surface area contributed by atoms with Crippen LogP contribution in [-0.4, -0.2) is 70.5 Å². The van der Waals surface area contributed by atoms with E-state index in [2.05, 4.69) is 5.32 Å². The molecule has 3 atom stereocenters. The van der Waals surface area contributed by atoms with Gasteiger partial charge in [-0.3, -0.25) is 0 Å². The lowest BCUT2D eigenvalue weighted by molar-refractivity contribution is 0.0407. The SMILES string of the molecule is CO[C@H](CN(CC(C)C)S(=O)(=O)c1ccc(N)cc1)[C@H](Cc1ccccc1)NC(=O)O[C@H]1CCOC1. The van der Waals surface area contributed by atoms with Crippen molar-refractivity contribution in [3.05, 3.63) is 60.2 Å². The third-order valence-electron chi connectivity index (χ3n) is 5.99. The van der Waals surface area contributed by atoms with Gasteiger partial charge >= 0.3 is 6.09 Å². The molecule has 3 rings (SSSR count). The van der Waals surface area contributed by atoms with Gasteiger partial charge in [0.05, 0.1) is 30.3 Å². The molecule has 3 N–H and O–H groups in total. The molecule has 36 heavy (non-hydrogen) atoms. The maximum absolute atomic E-state index is 13.6. The number of methoxy groups -OCH3 is 1. The van der Waals surface area contributed by atoms with Crippen LogP contribution in [0.15, 0.2) is 59.5 Å². The summed E-state index contributed by atoms with van der Waals surface area (Å²) in [6, 6.07) is 15.2. The van der Waals surface area contributed by atoms with Gasteiger partial charge in [0, 0.05) is 32.3 Å². The number of ether oxygens (including phenoxy) is 3. The molecule has 1 amide bonds. The van der Waals surface area contributed by atoms with Gasteiger partial charge in [-0.15, -0.1) is 0 Å². The van der Waals surface area contributed by atoms with Crippen LogP contribution < -0.4 is 11.1 Å². The second kappa shape index (κ2) is 13.0. The minimum Gasteiger partial charge on any atom is -0.444 e. The van der Waals surface area contributed by atoms with Gasteiger partial charge in [0.15, 0.2) is 0 Å². The number of amides is 1. The summed E-state index contributed by atoms with van der Waals surface area (Å²) in [5.74, 6) is 0.0685. The van der Waals surface area contributed by atoms with E-state index >= 15 is 0 Å². The van der Waals surface area contributed by atoms with Crippen molar-refractivity contribution in [3.8, 4) is 0 Å². The van der Waals surface area contributed by atoms with Crippen LogP contribution in [0.2, 0.25) is 0 Å². The third-order valence-corrected chi connectivity index (χ3v) is 7.83. The average molecular weight is 520 g/mol. The van der Waals surface area contributed by atoms with E-state index in [1.807, 2.05) is 44.2 Å². The number of anilines is 1. The minimum atomic E-state index is -3.83. The summed E-state index contributed by atoms with van der Waals surface area (Å²) in [5, 5.41) is 2.92. The standard InChI is InChI=1S/C26H37N3O6S/c1-19(2)16-29(36(31,32)23-11-9-21(27)10-12-23)17-25(33-3)24(15-20-7-5-4-6-8-20)28-26(30)35-22-13-14-34-18-22/h4-12,19,22,24-25H,13-18,27H2,1-3H3,(H,28,30)/t22-,24-,25+/m0/s1. The first-order valence-corrected chi connectivity index (χ1v) is 13.6. The summed E-state index contributed by atoms with van der Waals surface area (Å²) in [5.41, 5.74) is 7.22. The maximum Gasteiger partial charge on any atom is 0.407 e. The van der Waals surface area contributed by atoms with E-state index in [0.717, 1.165) is 5.56 Å². The number of nitrogens with two attached hydrogens (primary N) is 1. The Hall–Kier alpha value is -2.66. The number of hydrogen-bond donors (Lipinski definition) is 2. The smallest absolute Gasteiger partial charge is 0.407 e. The number of nitrogens with zero attached hydrogens (tertiary/aromatic N) is 1. The highest BCUT2D eigenvalue weighted by atomic mass is 32.2. The zero-order chi connectivity index (χ0) is 26.1. The van der Waals surface area contributed by atoms with Crippen LogP contribution in [0.25, 0.3) is 0 Å². The number of carbonyl (C=O) groups is 1. The van der Waals surface area contributed by atoms with Crippen LogP contribution in [0.1, 0.15) is 25.8 Å². The molecule has 1 heterocycles. The van der Waals surface area contributed by atoms with Gasteiger partial charge in [0.25, 0.3) is 0 Å². The number of sulfonamides is 1. The number of alkyl carbamates (subject to hydrolysis) is 1. The molecular weight excluding hydrogens is 482 g/mol. The zero-order valence-corrected chi connectivity index (χ0v) is 21.9. The van der Waals surface area contributed by atoms with Crippen LogP contribution >= 0.6 is 0 Å². The molecule has 0 aromatic heterocycles. The second-order valence-electron chi connectivity index (χ2n) is 9.39. The van der Waals surface area contributed by atoms with Crippen molar-refractivity contribution in [1.82, 2.24) is 9.62 Å². The van der Waals surface area contributed by atoms with Gasteiger partial charge in [-0.1, -0.05) is 44.2 Å². The molecule has 0 radical (unpaired) electrons. The van der Waals surface area contributed by atoms with Crippen LogP contribution in [0.5, 0.6) is 0 Å². The number of nitrogens with one attached hydrogen (secondary N) is 1. The van der Waals surface area contributed by atoms with Gasteiger partial charge < -0.3 is 25.3 Å². The highest BCUT2D eigenvalue weighted by Crippen LogP contribution is 2.21. The van der Waals surface area contributed by atoms with E-state index in [9.17, 15) is 13.2 Å². The fourth-order valence-electron chi connectivity index (χ4n) is 4.12. The van der Waals surface area contributed by atoms with Gasteiger partial charge in [-0.05, 0) is 42.2 Å². The lowest BCUT2D eigenvalue weighted by Gasteiger charge is -2.32. The molecule has 1 aliphatic heterocycles. The monoisotopic (exact) mass is 519 g/mol. The summed E-state index contributed by atoms with van der Waals surface area (Å²) in [7, 11) is -2.32. The predicted octanol–water partition coefficient (Wildman–Crippen LogP) is 3.06. The Morgan fingerprint density at radius 3 is 2.42 bits per heavy atom. The lowest BCUT2D eigenvalue weighted by Crippen LogP contribution is -2.52. The van der Waals surface area contributed by atoms with Crippen molar-refractivity contribution in [3.63, 3.8) is 0 Å². The van der Waals surface area contributed by atoms with Crippen LogP contribution in [0, 0.1) is 5.92 Å². The number of benzene rings is 2. The molecule has 0 saturated carbocycles. The Bertz CT molecular complexity index is 1060. The van der Waals surface area contributed by atoms with Crippen molar-refractivity contribution in [2.24, 2.45) is 5.92 Å². The Morgan fingerprint density at radius 1 is 1.14 bits per heavy atom. The summed E-state index contributed by atoms with van der Waals surface area (Å²) in [6.07, 6.45) is -0.434. The number of rotatable bonds is 12. The minimum absolute atomic E-state index is 0.0473. The zero-order valence-electron chi connectivity index (χ0n) is 21.1. The molecule has 1 aliphatic rings. The van der Waals surface area contributed by atoms with E-state index in [1.165, 1.54) is 23.5 Å². The van der Waals surface area contributed by atoms with Crippen LogP contribution in [0.3, 0.4) is 0 Å². The van der Waals surface area contributed by atoms with Crippen LogP contribution in [-0.2, 0) is 30.7 Å². The molecular formula is C26H37N3O6S. The van der Waals surface area contributed by atoms with Gasteiger partial charge in [0.1, 0.15) is 6.10 Å². The molecule has 9 nitrogen and oxygen atoms in total. The molecule has 0 aliphatic carbocycles. The topological polar surface area (TPSA) is 120 Å². The van der Waals surface area contributed by atoms with Gasteiger partial charge in [-0.2, -0.15) is 4.31 Å². The van der Waals surface area contributed by atoms with Gasteiger partial charge in [0.2, 0.25) is 10.0 Å². The molecule has 1 fully saturated rings.